The SMILES string of the molecule is O=C(N[C@@H]1CCNC1)c1ccc2ccccc2c1O. The minimum Gasteiger partial charge on any atom is -0.506 e. The van der Waals surface area contributed by atoms with Gasteiger partial charge in [0.2, 0.25) is 0 Å². The van der Waals surface area contributed by atoms with E-state index in [9.17, 15) is 9.90 Å². The average molecular weight is 256 g/mol. The van der Waals surface area contributed by atoms with Gasteiger partial charge in [-0.2, -0.15) is 0 Å². The van der Waals surface area contributed by atoms with Crippen LogP contribution in [0.4, 0.5) is 0 Å². The Morgan fingerprint density at radius 3 is 2.89 bits per heavy atom. The van der Waals surface area contributed by atoms with Crippen molar-refractivity contribution in [2.45, 2.75) is 12.5 Å². The molecule has 3 rings (SSSR count). The van der Waals surface area contributed by atoms with Gasteiger partial charge in [0, 0.05) is 18.0 Å². The van der Waals surface area contributed by atoms with Gasteiger partial charge in [0.05, 0.1) is 5.56 Å². The topological polar surface area (TPSA) is 61.4 Å². The maximum absolute atomic E-state index is 12.2. The maximum Gasteiger partial charge on any atom is 0.255 e. The van der Waals surface area contributed by atoms with Crippen LogP contribution >= 0.6 is 0 Å². The van der Waals surface area contributed by atoms with Gasteiger partial charge in [0.15, 0.2) is 0 Å². The number of aromatic hydroxyl groups is 1. The summed E-state index contributed by atoms with van der Waals surface area (Å²) >= 11 is 0. The number of rotatable bonds is 2. The maximum atomic E-state index is 12.2. The van der Waals surface area contributed by atoms with Crippen LogP contribution in [0.5, 0.6) is 5.75 Å². The van der Waals surface area contributed by atoms with Crippen molar-refractivity contribution in [3.05, 3.63) is 42.0 Å². The fraction of sp³-hybridized carbons (Fsp3) is 0.267. The number of phenolic OH excluding ortho intramolecular Hbond substituents is 1. The number of phenols is 1. The molecule has 2 aromatic carbocycles. The molecule has 19 heavy (non-hydrogen) atoms. The molecule has 2 aromatic rings. The first-order chi connectivity index (χ1) is 9.25. The van der Waals surface area contributed by atoms with Crippen LogP contribution in [-0.2, 0) is 0 Å². The van der Waals surface area contributed by atoms with Crippen LogP contribution in [0.1, 0.15) is 16.8 Å². The summed E-state index contributed by atoms with van der Waals surface area (Å²) in [7, 11) is 0. The minimum absolute atomic E-state index is 0.0570. The van der Waals surface area contributed by atoms with E-state index in [0.717, 1.165) is 24.9 Å². The highest BCUT2D eigenvalue weighted by Gasteiger charge is 2.20. The van der Waals surface area contributed by atoms with Crippen molar-refractivity contribution in [1.82, 2.24) is 10.6 Å². The molecule has 0 bridgehead atoms. The monoisotopic (exact) mass is 256 g/mol. The van der Waals surface area contributed by atoms with E-state index < -0.39 is 0 Å². The van der Waals surface area contributed by atoms with Crippen molar-refractivity contribution >= 4 is 16.7 Å². The second-order valence-corrected chi connectivity index (χ2v) is 4.85. The lowest BCUT2D eigenvalue weighted by Gasteiger charge is -2.13. The molecule has 0 spiro atoms. The molecule has 1 aliphatic heterocycles. The molecule has 4 nitrogen and oxygen atoms in total. The highest BCUT2D eigenvalue weighted by atomic mass is 16.3. The van der Waals surface area contributed by atoms with Gasteiger partial charge in [-0.15, -0.1) is 0 Å². The van der Waals surface area contributed by atoms with Crippen molar-refractivity contribution in [2.24, 2.45) is 0 Å². The predicted octanol–water partition coefficient (Wildman–Crippen LogP) is 1.64. The third kappa shape index (κ3) is 2.27. The molecular weight excluding hydrogens is 240 g/mol. The molecule has 1 saturated heterocycles. The number of hydrogen-bond donors (Lipinski definition) is 3. The Balaban J connectivity index is 1.91. The van der Waals surface area contributed by atoms with Gasteiger partial charge in [-0.3, -0.25) is 4.79 Å². The summed E-state index contributed by atoms with van der Waals surface area (Å²) in [6.45, 7) is 1.72. The molecule has 1 fully saturated rings. The quantitative estimate of drug-likeness (QED) is 0.765. The van der Waals surface area contributed by atoms with Crippen molar-refractivity contribution < 1.29 is 9.90 Å². The van der Waals surface area contributed by atoms with E-state index in [1.807, 2.05) is 30.3 Å². The van der Waals surface area contributed by atoms with Crippen LogP contribution in [0.3, 0.4) is 0 Å². The lowest BCUT2D eigenvalue weighted by atomic mass is 10.0. The molecule has 0 aliphatic carbocycles. The largest absolute Gasteiger partial charge is 0.506 e. The summed E-state index contributed by atoms with van der Waals surface area (Å²) in [6.07, 6.45) is 0.931. The highest BCUT2D eigenvalue weighted by molar-refractivity contribution is 6.03. The van der Waals surface area contributed by atoms with Crippen LogP contribution in [-0.4, -0.2) is 30.1 Å². The minimum atomic E-state index is -0.211. The zero-order valence-electron chi connectivity index (χ0n) is 10.5. The molecule has 3 N–H and O–H groups in total. The van der Waals surface area contributed by atoms with Crippen molar-refractivity contribution in [2.75, 3.05) is 13.1 Å². The second kappa shape index (κ2) is 4.90. The molecule has 1 amide bonds. The average Bonchev–Trinajstić information content (AvgIpc) is 2.92. The molecule has 0 radical (unpaired) electrons. The summed E-state index contributed by atoms with van der Waals surface area (Å²) in [4.78, 5) is 12.2. The smallest absolute Gasteiger partial charge is 0.255 e. The van der Waals surface area contributed by atoms with Crippen LogP contribution in [0, 0.1) is 0 Å². The van der Waals surface area contributed by atoms with Crippen LogP contribution < -0.4 is 10.6 Å². The van der Waals surface area contributed by atoms with Crippen molar-refractivity contribution in [1.29, 1.82) is 0 Å². The van der Waals surface area contributed by atoms with E-state index in [0.29, 0.717) is 10.9 Å². The molecule has 0 aromatic heterocycles. The Kier molecular flexibility index (Phi) is 3.09. The molecule has 4 heteroatoms. The Morgan fingerprint density at radius 2 is 2.11 bits per heavy atom. The fourth-order valence-electron chi connectivity index (χ4n) is 2.48. The highest BCUT2D eigenvalue weighted by Crippen LogP contribution is 2.28. The Labute approximate surface area is 111 Å². The number of benzene rings is 2. The van der Waals surface area contributed by atoms with E-state index in [1.165, 1.54) is 0 Å². The van der Waals surface area contributed by atoms with Gasteiger partial charge in [0.1, 0.15) is 5.75 Å². The summed E-state index contributed by atoms with van der Waals surface area (Å²) in [5.41, 5.74) is 0.339. The molecule has 98 valence electrons. The first-order valence-electron chi connectivity index (χ1n) is 6.48. The van der Waals surface area contributed by atoms with Gasteiger partial charge in [-0.05, 0) is 24.4 Å². The normalized spacial score (nSPS) is 18.6. The lowest BCUT2D eigenvalue weighted by Crippen LogP contribution is -2.36. The first-order valence-corrected chi connectivity index (χ1v) is 6.48. The molecule has 1 aliphatic rings. The summed E-state index contributed by atoms with van der Waals surface area (Å²) < 4.78 is 0. The fourth-order valence-corrected chi connectivity index (χ4v) is 2.48. The standard InChI is InChI=1S/C15H16N2O2/c18-14-12-4-2-1-3-10(12)5-6-13(14)15(19)17-11-7-8-16-9-11/h1-6,11,16,18H,7-9H2,(H,17,19)/t11-/m1/s1. The Hall–Kier alpha value is -2.07. The van der Waals surface area contributed by atoms with Crippen molar-refractivity contribution in [3.8, 4) is 5.75 Å². The number of carbonyl (C=O) groups is 1. The number of nitrogens with one attached hydrogen (secondary N) is 2. The lowest BCUT2D eigenvalue weighted by molar-refractivity contribution is 0.0937. The summed E-state index contributed by atoms with van der Waals surface area (Å²) in [6, 6.07) is 11.2. The zero-order valence-corrected chi connectivity index (χ0v) is 10.5. The third-order valence-electron chi connectivity index (χ3n) is 3.54. The Bertz CT molecular complexity index is 619. The predicted molar refractivity (Wildman–Crippen MR) is 74.4 cm³/mol. The Morgan fingerprint density at radius 1 is 1.26 bits per heavy atom. The number of amides is 1. The second-order valence-electron chi connectivity index (χ2n) is 4.85. The molecule has 0 unspecified atom stereocenters. The van der Waals surface area contributed by atoms with Crippen LogP contribution in [0.15, 0.2) is 36.4 Å². The van der Waals surface area contributed by atoms with Crippen molar-refractivity contribution in [3.63, 3.8) is 0 Å². The summed E-state index contributed by atoms with van der Waals surface area (Å²) in [5, 5.41) is 18.0. The number of carbonyl (C=O) groups excluding carboxylic acids is 1. The van der Waals surface area contributed by atoms with Gasteiger partial charge >= 0.3 is 0 Å². The van der Waals surface area contributed by atoms with Crippen LogP contribution in [0.2, 0.25) is 0 Å². The third-order valence-corrected chi connectivity index (χ3v) is 3.54. The number of hydrogen-bond acceptors (Lipinski definition) is 3. The van der Waals surface area contributed by atoms with Gasteiger partial charge in [-0.25, -0.2) is 0 Å². The van der Waals surface area contributed by atoms with Gasteiger partial charge < -0.3 is 15.7 Å². The van der Waals surface area contributed by atoms with Crippen LogP contribution in [0.25, 0.3) is 10.8 Å². The first kappa shape index (κ1) is 12.0. The molecule has 1 heterocycles. The van der Waals surface area contributed by atoms with Gasteiger partial charge in [-0.1, -0.05) is 30.3 Å². The molecule has 0 saturated carbocycles. The van der Waals surface area contributed by atoms with E-state index in [1.54, 1.807) is 6.07 Å². The summed E-state index contributed by atoms with van der Waals surface area (Å²) in [5.74, 6) is -0.154. The number of fused-ring (bicyclic) bond motifs is 1. The van der Waals surface area contributed by atoms with E-state index in [-0.39, 0.29) is 17.7 Å². The van der Waals surface area contributed by atoms with E-state index >= 15 is 0 Å². The van der Waals surface area contributed by atoms with E-state index in [4.69, 9.17) is 0 Å². The zero-order chi connectivity index (χ0) is 13.2. The van der Waals surface area contributed by atoms with E-state index in [2.05, 4.69) is 10.6 Å². The molecule has 1 atom stereocenters. The molecular formula is C15H16N2O2. The van der Waals surface area contributed by atoms with Gasteiger partial charge in [0.25, 0.3) is 5.91 Å².